The van der Waals surface area contributed by atoms with E-state index in [4.69, 9.17) is 4.74 Å². The molecule has 3 saturated heterocycles. The SMILES string of the molecule is COc1cc(C)c(S(=O)(=O)N2CCC[C@H]2CCCS(=O)(=O)N2CCC3(CCN(c4ccncc4)C3)C2)c(C)c1. The van der Waals surface area contributed by atoms with Crippen LogP contribution in [0.3, 0.4) is 0 Å². The van der Waals surface area contributed by atoms with Gasteiger partial charge in [-0.3, -0.25) is 4.98 Å². The Bertz CT molecular complexity index is 1380. The molecule has 4 heterocycles. The Morgan fingerprint density at radius 3 is 2.38 bits per heavy atom. The Hall–Kier alpha value is -2.21. The summed E-state index contributed by atoms with van der Waals surface area (Å²) in [6, 6.07) is 7.33. The van der Waals surface area contributed by atoms with Gasteiger partial charge in [0.1, 0.15) is 5.75 Å². The minimum Gasteiger partial charge on any atom is -0.497 e. The van der Waals surface area contributed by atoms with Crippen LogP contribution in [0.2, 0.25) is 0 Å². The van der Waals surface area contributed by atoms with E-state index in [0.29, 0.717) is 54.2 Å². The molecule has 0 amide bonds. The molecule has 39 heavy (non-hydrogen) atoms. The van der Waals surface area contributed by atoms with Gasteiger partial charge < -0.3 is 9.64 Å². The van der Waals surface area contributed by atoms with E-state index in [1.807, 2.05) is 12.1 Å². The predicted octanol–water partition coefficient (Wildman–Crippen LogP) is 3.57. The molecule has 3 aliphatic rings. The van der Waals surface area contributed by atoms with E-state index in [0.717, 1.165) is 44.5 Å². The van der Waals surface area contributed by atoms with Crippen molar-refractivity contribution in [2.45, 2.75) is 63.3 Å². The van der Waals surface area contributed by atoms with E-state index in [1.165, 1.54) is 0 Å². The van der Waals surface area contributed by atoms with Crippen molar-refractivity contribution < 1.29 is 21.6 Å². The number of anilines is 1. The van der Waals surface area contributed by atoms with Gasteiger partial charge in [-0.05, 0) is 87.8 Å². The summed E-state index contributed by atoms with van der Waals surface area (Å²) in [5.74, 6) is 0.695. The van der Waals surface area contributed by atoms with E-state index in [-0.39, 0.29) is 17.2 Å². The summed E-state index contributed by atoms with van der Waals surface area (Å²) in [5, 5.41) is 0. The van der Waals surface area contributed by atoms with Crippen LogP contribution in [0.4, 0.5) is 5.69 Å². The van der Waals surface area contributed by atoms with Crippen LogP contribution < -0.4 is 9.64 Å². The molecule has 0 radical (unpaired) electrons. The molecule has 1 aromatic heterocycles. The molecule has 0 saturated carbocycles. The van der Waals surface area contributed by atoms with Gasteiger partial charge >= 0.3 is 0 Å². The summed E-state index contributed by atoms with van der Waals surface area (Å²) in [5.41, 5.74) is 2.47. The van der Waals surface area contributed by atoms with Crippen molar-refractivity contribution in [3.8, 4) is 5.75 Å². The minimum absolute atomic E-state index is 0.000749. The fourth-order valence-corrected chi connectivity index (χ4v) is 10.5. The van der Waals surface area contributed by atoms with E-state index < -0.39 is 20.0 Å². The van der Waals surface area contributed by atoms with Gasteiger partial charge in [0.2, 0.25) is 20.0 Å². The first kappa shape index (κ1) is 28.3. The van der Waals surface area contributed by atoms with Gasteiger partial charge in [0.25, 0.3) is 0 Å². The average Bonchev–Trinajstić information content (AvgIpc) is 3.65. The lowest BCUT2D eigenvalue weighted by Crippen LogP contribution is -2.37. The number of benzene rings is 1. The standard InChI is InChI=1S/C28H40N4O5S2/c1-22-18-26(37-3)19-23(2)27(22)39(35,36)32-14-4-6-25(32)7-5-17-38(33,34)31-16-11-28(21-31)10-15-30(20-28)24-8-12-29-13-9-24/h8-9,12-13,18-19,25H,4-7,10-11,14-17,20-21H2,1-3H3/t25-,28?/m0/s1. The van der Waals surface area contributed by atoms with Crippen LogP contribution in [-0.4, -0.2) is 82.1 Å². The number of aromatic nitrogens is 1. The van der Waals surface area contributed by atoms with Crippen LogP contribution in [0.15, 0.2) is 41.6 Å². The fraction of sp³-hybridized carbons (Fsp3) is 0.607. The van der Waals surface area contributed by atoms with Gasteiger partial charge in [-0.1, -0.05) is 0 Å². The molecule has 0 bridgehead atoms. The van der Waals surface area contributed by atoms with Gasteiger partial charge in [-0.15, -0.1) is 0 Å². The third-order valence-corrected chi connectivity index (χ3v) is 12.9. The first-order valence-electron chi connectivity index (χ1n) is 13.8. The second-order valence-electron chi connectivity index (χ2n) is 11.4. The maximum atomic E-state index is 13.7. The largest absolute Gasteiger partial charge is 0.497 e. The lowest BCUT2D eigenvalue weighted by atomic mass is 9.86. The van der Waals surface area contributed by atoms with Crippen molar-refractivity contribution in [3.05, 3.63) is 47.8 Å². The molecular formula is C28H40N4O5S2. The Morgan fingerprint density at radius 1 is 1.00 bits per heavy atom. The maximum Gasteiger partial charge on any atom is 0.243 e. The second kappa shape index (κ2) is 11.0. The van der Waals surface area contributed by atoms with E-state index >= 15 is 0 Å². The Morgan fingerprint density at radius 2 is 1.69 bits per heavy atom. The van der Waals surface area contributed by atoms with Gasteiger partial charge in [-0.2, -0.15) is 4.31 Å². The zero-order chi connectivity index (χ0) is 27.8. The van der Waals surface area contributed by atoms with Crippen LogP contribution in [0.25, 0.3) is 0 Å². The highest BCUT2D eigenvalue weighted by Gasteiger charge is 2.46. The molecule has 0 aliphatic carbocycles. The molecule has 9 nitrogen and oxygen atoms in total. The maximum absolute atomic E-state index is 13.7. The van der Waals surface area contributed by atoms with E-state index in [1.54, 1.807) is 54.1 Å². The summed E-state index contributed by atoms with van der Waals surface area (Å²) in [4.78, 5) is 6.77. The van der Waals surface area contributed by atoms with Gasteiger partial charge in [0.15, 0.2) is 0 Å². The van der Waals surface area contributed by atoms with Crippen molar-refractivity contribution >= 4 is 25.7 Å². The topological polar surface area (TPSA) is 100 Å². The smallest absolute Gasteiger partial charge is 0.243 e. The Kier molecular flexibility index (Phi) is 7.98. The van der Waals surface area contributed by atoms with Crippen LogP contribution in [0.1, 0.15) is 49.7 Å². The van der Waals surface area contributed by atoms with Crippen LogP contribution in [0.5, 0.6) is 5.75 Å². The molecular weight excluding hydrogens is 536 g/mol. The zero-order valence-electron chi connectivity index (χ0n) is 23.2. The van der Waals surface area contributed by atoms with Crippen LogP contribution in [-0.2, 0) is 20.0 Å². The van der Waals surface area contributed by atoms with Gasteiger partial charge in [0.05, 0.1) is 17.8 Å². The lowest BCUT2D eigenvalue weighted by Gasteiger charge is -2.27. The molecule has 11 heteroatoms. The number of nitrogens with zero attached hydrogens (tertiary/aromatic N) is 4. The summed E-state index contributed by atoms with van der Waals surface area (Å²) < 4.78 is 62.5. The summed E-state index contributed by atoms with van der Waals surface area (Å²) >= 11 is 0. The molecule has 1 spiro atoms. The highest BCUT2D eigenvalue weighted by Crippen LogP contribution is 2.42. The molecule has 3 aliphatic heterocycles. The molecule has 1 aromatic carbocycles. The number of methoxy groups -OCH3 is 1. The summed E-state index contributed by atoms with van der Waals surface area (Å²) in [7, 11) is -5.52. The Balaban J connectivity index is 1.19. The molecule has 2 aromatic rings. The van der Waals surface area contributed by atoms with Gasteiger partial charge in [-0.25, -0.2) is 21.1 Å². The number of pyridine rings is 1. The Labute approximate surface area is 233 Å². The molecule has 5 rings (SSSR count). The van der Waals surface area contributed by atoms with Crippen molar-refractivity contribution in [1.82, 2.24) is 13.6 Å². The molecule has 3 fully saturated rings. The number of rotatable bonds is 9. The number of sulfonamides is 2. The monoisotopic (exact) mass is 576 g/mol. The number of hydrogen-bond acceptors (Lipinski definition) is 7. The molecule has 214 valence electrons. The number of aryl methyl sites for hydroxylation is 2. The third-order valence-electron chi connectivity index (χ3n) is 8.76. The predicted molar refractivity (Wildman–Crippen MR) is 152 cm³/mol. The second-order valence-corrected chi connectivity index (χ2v) is 15.3. The van der Waals surface area contributed by atoms with Crippen molar-refractivity contribution in [2.75, 3.05) is 50.5 Å². The first-order chi connectivity index (χ1) is 18.5. The summed E-state index contributed by atoms with van der Waals surface area (Å²) in [6.07, 6.45) is 7.99. The molecule has 2 atom stereocenters. The van der Waals surface area contributed by atoms with E-state index in [9.17, 15) is 16.8 Å². The highest BCUT2D eigenvalue weighted by molar-refractivity contribution is 7.89. The number of ether oxygens (including phenoxy) is 1. The quantitative estimate of drug-likeness (QED) is 0.450. The van der Waals surface area contributed by atoms with Crippen LogP contribution in [0, 0.1) is 19.3 Å². The highest BCUT2D eigenvalue weighted by atomic mass is 32.2. The lowest BCUT2D eigenvalue weighted by molar-refractivity contribution is 0.340. The van der Waals surface area contributed by atoms with Crippen molar-refractivity contribution in [3.63, 3.8) is 0 Å². The third kappa shape index (κ3) is 5.68. The molecule has 1 unspecified atom stereocenters. The average molecular weight is 577 g/mol. The van der Waals surface area contributed by atoms with Crippen molar-refractivity contribution in [1.29, 1.82) is 0 Å². The number of hydrogen-bond donors (Lipinski definition) is 0. The summed E-state index contributed by atoms with van der Waals surface area (Å²) in [6.45, 7) is 6.97. The molecule has 0 N–H and O–H groups in total. The minimum atomic E-state index is -3.69. The normalized spacial score (nSPS) is 24.7. The van der Waals surface area contributed by atoms with Crippen LogP contribution >= 0.6 is 0 Å². The zero-order valence-corrected chi connectivity index (χ0v) is 24.8. The van der Waals surface area contributed by atoms with Gasteiger partial charge in [0, 0.05) is 62.3 Å². The first-order valence-corrected chi connectivity index (χ1v) is 16.9. The van der Waals surface area contributed by atoms with E-state index in [2.05, 4.69) is 9.88 Å². The van der Waals surface area contributed by atoms with Crippen molar-refractivity contribution in [2.24, 2.45) is 5.41 Å². The fourth-order valence-electron chi connectivity index (χ4n) is 6.77.